The van der Waals surface area contributed by atoms with Gasteiger partial charge in [0.25, 0.3) is 0 Å². The van der Waals surface area contributed by atoms with Crippen LogP contribution < -0.4 is 0 Å². The van der Waals surface area contributed by atoms with Crippen LogP contribution in [-0.4, -0.2) is 32.8 Å². The summed E-state index contributed by atoms with van der Waals surface area (Å²) >= 11 is 0. The minimum atomic E-state index is -3.61. The van der Waals surface area contributed by atoms with Crippen LogP contribution in [0, 0.1) is 0 Å². The Morgan fingerprint density at radius 2 is 1.86 bits per heavy atom. The van der Waals surface area contributed by atoms with Crippen LogP contribution in [0.15, 0.2) is 53.8 Å². The van der Waals surface area contributed by atoms with Crippen LogP contribution in [0.2, 0.25) is 0 Å². The van der Waals surface area contributed by atoms with E-state index >= 15 is 0 Å². The summed E-state index contributed by atoms with van der Waals surface area (Å²) in [6.45, 7) is 0. The van der Waals surface area contributed by atoms with Crippen molar-refractivity contribution in [3.63, 3.8) is 0 Å². The van der Waals surface area contributed by atoms with Gasteiger partial charge in [0.2, 0.25) is 15.2 Å². The van der Waals surface area contributed by atoms with Gasteiger partial charge in [0.1, 0.15) is 0 Å². The molecule has 0 radical (unpaired) electrons. The first-order valence-electron chi connectivity index (χ1n) is 6.43. The second-order valence-corrected chi connectivity index (χ2v) is 7.90. The molecule has 2 aromatic heterocycles. The van der Waals surface area contributed by atoms with E-state index in [2.05, 4.69) is 9.97 Å². The molecule has 0 aliphatic heterocycles. The number of benzene rings is 1. The molecule has 0 bridgehead atoms. The molecular formula is C14H13N3O3S2. The maximum absolute atomic E-state index is 12.6. The summed E-state index contributed by atoms with van der Waals surface area (Å²) in [5, 5.41) is 0.0225. The van der Waals surface area contributed by atoms with E-state index in [-0.39, 0.29) is 10.9 Å². The predicted molar refractivity (Wildman–Crippen MR) is 84.3 cm³/mol. The first kappa shape index (κ1) is 14.9. The lowest BCUT2D eigenvalue weighted by molar-refractivity contribution is 0.588. The van der Waals surface area contributed by atoms with Crippen molar-refractivity contribution in [1.82, 2.24) is 13.9 Å². The third kappa shape index (κ3) is 2.79. The summed E-state index contributed by atoms with van der Waals surface area (Å²) in [6, 6.07) is 12.1. The van der Waals surface area contributed by atoms with E-state index in [1.807, 2.05) is 0 Å². The van der Waals surface area contributed by atoms with Gasteiger partial charge in [-0.05, 0) is 24.3 Å². The van der Waals surface area contributed by atoms with Crippen LogP contribution in [0.1, 0.15) is 5.69 Å². The average molecular weight is 335 g/mol. The van der Waals surface area contributed by atoms with E-state index in [9.17, 15) is 12.6 Å². The van der Waals surface area contributed by atoms with E-state index in [4.69, 9.17) is 0 Å². The number of para-hydroxylation sites is 2. The quantitative estimate of drug-likeness (QED) is 0.722. The Kier molecular flexibility index (Phi) is 3.79. The highest BCUT2D eigenvalue weighted by atomic mass is 32.2. The minimum Gasteiger partial charge on any atom is -0.260 e. The second-order valence-electron chi connectivity index (χ2n) is 4.72. The van der Waals surface area contributed by atoms with Crippen LogP contribution in [0.5, 0.6) is 0 Å². The minimum absolute atomic E-state index is 0.0225. The predicted octanol–water partition coefficient (Wildman–Crippen LogP) is 1.55. The van der Waals surface area contributed by atoms with Gasteiger partial charge in [-0.3, -0.25) is 9.19 Å². The Labute approximate surface area is 130 Å². The normalized spacial score (nSPS) is 13.3. The van der Waals surface area contributed by atoms with Crippen molar-refractivity contribution in [2.45, 2.75) is 10.9 Å². The lowest BCUT2D eigenvalue weighted by Gasteiger charge is -2.06. The first-order valence-corrected chi connectivity index (χ1v) is 9.60. The Morgan fingerprint density at radius 1 is 1.14 bits per heavy atom. The molecule has 22 heavy (non-hydrogen) atoms. The highest BCUT2D eigenvalue weighted by molar-refractivity contribution is 7.90. The van der Waals surface area contributed by atoms with Gasteiger partial charge in [-0.2, -0.15) is 0 Å². The van der Waals surface area contributed by atoms with E-state index in [0.717, 1.165) is 10.2 Å². The van der Waals surface area contributed by atoms with Crippen LogP contribution in [0.4, 0.5) is 0 Å². The van der Waals surface area contributed by atoms with Gasteiger partial charge in [-0.1, -0.05) is 18.2 Å². The lowest BCUT2D eigenvalue weighted by Crippen LogP contribution is -2.15. The Hall–Kier alpha value is -2.06. The maximum Gasteiger partial charge on any atom is 0.238 e. The zero-order chi connectivity index (χ0) is 15.7. The maximum atomic E-state index is 12.6. The number of nitrogens with zero attached hydrogens (tertiary/aromatic N) is 3. The smallest absolute Gasteiger partial charge is 0.238 e. The molecule has 3 aromatic rings. The molecule has 114 valence electrons. The summed E-state index contributed by atoms with van der Waals surface area (Å²) in [5.41, 5.74) is 1.54. The van der Waals surface area contributed by atoms with Crippen molar-refractivity contribution >= 4 is 31.9 Å². The number of fused-ring (bicyclic) bond motifs is 1. The standard InChI is InChI=1S/C14H13N3O3S2/c1-22(19,20)17-13-8-3-2-7-12(13)16-14(17)21(18)10-11-6-4-5-9-15-11/h2-9H,10H2,1H3. The van der Waals surface area contributed by atoms with Crippen LogP contribution in [0.25, 0.3) is 11.0 Å². The van der Waals surface area contributed by atoms with E-state index < -0.39 is 20.8 Å². The lowest BCUT2D eigenvalue weighted by atomic mass is 10.3. The molecule has 0 amide bonds. The third-order valence-electron chi connectivity index (χ3n) is 3.03. The van der Waals surface area contributed by atoms with Gasteiger partial charge in [-0.25, -0.2) is 17.4 Å². The zero-order valence-electron chi connectivity index (χ0n) is 11.7. The number of hydrogen-bond donors (Lipinski definition) is 0. The Balaban J connectivity index is 2.12. The van der Waals surface area contributed by atoms with Crippen molar-refractivity contribution in [2.24, 2.45) is 0 Å². The molecule has 6 nitrogen and oxygen atoms in total. The molecule has 0 saturated heterocycles. The first-order chi connectivity index (χ1) is 10.5. The Morgan fingerprint density at radius 3 is 2.55 bits per heavy atom. The highest BCUT2D eigenvalue weighted by Crippen LogP contribution is 2.21. The van der Waals surface area contributed by atoms with Crippen LogP contribution in [-0.2, 0) is 26.6 Å². The number of hydrogen-bond acceptors (Lipinski definition) is 5. The summed E-state index contributed by atoms with van der Waals surface area (Å²) in [7, 11) is -5.23. The van der Waals surface area contributed by atoms with E-state index in [1.165, 1.54) is 0 Å². The van der Waals surface area contributed by atoms with Gasteiger partial charge in [0.15, 0.2) is 0 Å². The third-order valence-corrected chi connectivity index (χ3v) is 5.42. The Bertz CT molecular complexity index is 950. The van der Waals surface area contributed by atoms with Crippen molar-refractivity contribution in [1.29, 1.82) is 0 Å². The number of aromatic nitrogens is 3. The van der Waals surface area contributed by atoms with Crippen LogP contribution in [0.3, 0.4) is 0 Å². The molecule has 0 aliphatic carbocycles. The molecular weight excluding hydrogens is 322 g/mol. The van der Waals surface area contributed by atoms with Gasteiger partial charge in [0.05, 0.1) is 39.5 Å². The van der Waals surface area contributed by atoms with Gasteiger partial charge >= 0.3 is 0 Å². The SMILES string of the molecule is CS(=O)(=O)n1c(S(=O)Cc2ccccn2)nc2ccccc21. The molecule has 3 rings (SSSR count). The van der Waals surface area contributed by atoms with E-state index in [1.54, 1.807) is 48.7 Å². The number of imidazole rings is 1. The average Bonchev–Trinajstić information content (AvgIpc) is 2.88. The molecule has 2 heterocycles. The van der Waals surface area contributed by atoms with Crippen molar-refractivity contribution in [3.05, 3.63) is 54.4 Å². The molecule has 1 atom stereocenters. The van der Waals surface area contributed by atoms with Crippen molar-refractivity contribution in [2.75, 3.05) is 6.26 Å². The molecule has 8 heteroatoms. The largest absolute Gasteiger partial charge is 0.260 e. The molecule has 0 fully saturated rings. The summed E-state index contributed by atoms with van der Waals surface area (Å²) in [4.78, 5) is 8.34. The molecule has 1 aromatic carbocycles. The van der Waals surface area contributed by atoms with Crippen molar-refractivity contribution in [3.8, 4) is 0 Å². The second kappa shape index (κ2) is 5.62. The fraction of sp³-hybridized carbons (Fsp3) is 0.143. The summed E-state index contributed by atoms with van der Waals surface area (Å²) in [5.74, 6) is 0.111. The fourth-order valence-corrected chi connectivity index (χ4v) is 4.67. The van der Waals surface area contributed by atoms with Crippen molar-refractivity contribution < 1.29 is 12.6 Å². The molecule has 0 saturated carbocycles. The fourth-order valence-electron chi connectivity index (χ4n) is 2.13. The number of rotatable bonds is 4. The van der Waals surface area contributed by atoms with Gasteiger partial charge < -0.3 is 0 Å². The zero-order valence-corrected chi connectivity index (χ0v) is 13.3. The molecule has 1 unspecified atom stereocenters. The monoisotopic (exact) mass is 335 g/mol. The molecule has 0 N–H and O–H groups in total. The summed E-state index contributed by atoms with van der Waals surface area (Å²) in [6.07, 6.45) is 2.68. The van der Waals surface area contributed by atoms with Gasteiger partial charge in [-0.15, -0.1) is 0 Å². The molecule has 0 aliphatic rings. The van der Waals surface area contributed by atoms with Gasteiger partial charge in [0, 0.05) is 6.20 Å². The topological polar surface area (TPSA) is 81.9 Å². The number of pyridine rings is 1. The highest BCUT2D eigenvalue weighted by Gasteiger charge is 2.22. The van der Waals surface area contributed by atoms with E-state index in [0.29, 0.717) is 16.7 Å². The molecule has 0 spiro atoms. The summed E-state index contributed by atoms with van der Waals surface area (Å²) < 4.78 is 37.7. The van der Waals surface area contributed by atoms with Crippen LogP contribution >= 0.6 is 0 Å².